The third-order valence-electron chi connectivity index (χ3n) is 9.71. The molecule has 5 unspecified atom stereocenters. The molecule has 0 aromatic heterocycles. The van der Waals surface area contributed by atoms with Crippen molar-refractivity contribution in [3.63, 3.8) is 0 Å². The number of Topliss-reactive ketones (excluding diaryl/α,β-unsaturated/α-hetero) is 1. The molecule has 0 amide bonds. The Morgan fingerprint density at radius 3 is 2.07 bits per heavy atom. The summed E-state index contributed by atoms with van der Waals surface area (Å²) in [5.74, 6) is -2.46. The molecule has 0 N–H and O–H groups in total. The minimum atomic E-state index is -3.95. The molecule has 2 aliphatic rings. The predicted octanol–water partition coefficient (Wildman–Crippen LogP) is 8.11. The summed E-state index contributed by atoms with van der Waals surface area (Å²) < 4.78 is 59.3. The highest BCUT2D eigenvalue weighted by Crippen LogP contribution is 2.54. The molecule has 5 nitrogen and oxygen atoms in total. The highest BCUT2D eigenvalue weighted by atomic mass is 127. The maximum atomic E-state index is 14.8. The number of carbonyl (C=O) groups excluding carboxylic acids is 1. The lowest BCUT2D eigenvalue weighted by molar-refractivity contribution is -0.128. The Balaban J connectivity index is 1.52. The molecule has 2 fully saturated rings. The Labute approximate surface area is 284 Å². The van der Waals surface area contributed by atoms with Gasteiger partial charge in [-0.3, -0.25) is 4.79 Å². The summed E-state index contributed by atoms with van der Waals surface area (Å²) in [6, 6.07) is 28.6. The van der Waals surface area contributed by atoms with E-state index in [-0.39, 0.29) is 34.8 Å². The van der Waals surface area contributed by atoms with Crippen LogP contribution in [-0.2, 0) is 24.5 Å². The van der Waals surface area contributed by atoms with Gasteiger partial charge in [-0.15, -0.1) is 0 Å². The van der Waals surface area contributed by atoms with Gasteiger partial charge in [-0.05, 0) is 114 Å². The molecule has 0 spiro atoms. The predicted molar refractivity (Wildman–Crippen MR) is 186 cm³/mol. The summed E-state index contributed by atoms with van der Waals surface area (Å²) in [5, 5.41) is -1.27. The van der Waals surface area contributed by atoms with Gasteiger partial charge in [0, 0.05) is 32.8 Å². The molecule has 0 aliphatic heterocycles. The fourth-order valence-electron chi connectivity index (χ4n) is 7.53. The average Bonchev–Trinajstić information content (AvgIpc) is 3.01. The molecule has 0 saturated heterocycles. The van der Waals surface area contributed by atoms with Gasteiger partial charge in [0.1, 0.15) is 5.78 Å². The van der Waals surface area contributed by atoms with Crippen LogP contribution >= 0.6 is 34.2 Å². The number of rotatable bonds is 6. The third kappa shape index (κ3) is 6.15. The van der Waals surface area contributed by atoms with Crippen molar-refractivity contribution in [2.75, 3.05) is 0 Å². The van der Waals surface area contributed by atoms with Crippen molar-refractivity contribution in [1.82, 2.24) is 0 Å². The summed E-state index contributed by atoms with van der Waals surface area (Å²) in [7, 11) is -7.82. The van der Waals surface area contributed by atoms with Crippen molar-refractivity contribution in [2.24, 2.45) is 11.8 Å². The Morgan fingerprint density at radius 1 is 0.711 bits per heavy atom. The zero-order chi connectivity index (χ0) is 32.1. The van der Waals surface area contributed by atoms with Crippen molar-refractivity contribution in [2.45, 2.75) is 65.2 Å². The molecule has 0 bridgehead atoms. The Hall–Kier alpha value is -2.53. The van der Waals surface area contributed by atoms with E-state index < -0.39 is 53.8 Å². The van der Waals surface area contributed by atoms with Gasteiger partial charge in [0.15, 0.2) is 19.7 Å². The van der Waals surface area contributed by atoms with Crippen LogP contribution in [0.2, 0.25) is 5.02 Å². The Bertz CT molecular complexity index is 1960. The van der Waals surface area contributed by atoms with Gasteiger partial charge < -0.3 is 0 Å². The summed E-state index contributed by atoms with van der Waals surface area (Å²) >= 11 is 8.42. The molecule has 0 heterocycles. The number of hydrogen-bond acceptors (Lipinski definition) is 5. The summed E-state index contributed by atoms with van der Waals surface area (Å²) in [6.07, 6.45) is 0.346. The number of sulfone groups is 2. The first-order valence-electron chi connectivity index (χ1n) is 15.0. The number of carbonyl (C=O) groups is 1. The lowest BCUT2D eigenvalue weighted by Crippen LogP contribution is -2.53. The SMILES string of the molecule is Cc1ccc(S(=O)(=O)C2C[C@H]3C(=O)CC(c4ccc(Cl)cc4)C(S(=O)(=O)c4ccccc4C)C3CC2c2cccc(I)c2)cc1. The standard InChI is InChI=1S/C36H34ClIO5S2/c1-22-10-16-28(17-11-22)44(40,41)35-21-31-32(19-29(35)25-7-5-8-27(38)18-25)36(45(42,43)34-9-4-3-6-23(34)2)30(20-33(31)39)24-12-14-26(37)15-13-24/h3-18,29-32,35-36H,19-21H2,1-2H3/t29?,30?,31-,32?,35?,36?/m1/s1. The van der Waals surface area contributed by atoms with E-state index in [1.54, 1.807) is 61.5 Å². The normalized spacial score (nSPS) is 25.5. The molecule has 6 atom stereocenters. The number of benzene rings is 4. The molecule has 234 valence electrons. The number of aryl methyl sites for hydroxylation is 2. The number of fused-ring (bicyclic) bond motifs is 1. The molecule has 0 radical (unpaired) electrons. The second-order valence-electron chi connectivity index (χ2n) is 12.4. The molecule has 2 saturated carbocycles. The topological polar surface area (TPSA) is 85.3 Å². The molecule has 4 aromatic carbocycles. The van der Waals surface area contributed by atoms with Crippen LogP contribution in [-0.4, -0.2) is 33.1 Å². The van der Waals surface area contributed by atoms with Crippen LogP contribution in [0.25, 0.3) is 0 Å². The highest BCUT2D eigenvalue weighted by molar-refractivity contribution is 14.1. The van der Waals surface area contributed by atoms with Crippen LogP contribution in [0.4, 0.5) is 0 Å². The van der Waals surface area contributed by atoms with Crippen molar-refractivity contribution in [1.29, 1.82) is 0 Å². The molecule has 6 rings (SSSR count). The van der Waals surface area contributed by atoms with Crippen LogP contribution in [0.15, 0.2) is 107 Å². The van der Waals surface area contributed by atoms with Crippen LogP contribution in [0, 0.1) is 29.3 Å². The van der Waals surface area contributed by atoms with Crippen LogP contribution in [0.5, 0.6) is 0 Å². The second kappa shape index (κ2) is 12.6. The summed E-state index contributed by atoms with van der Waals surface area (Å²) in [4.78, 5) is 14.6. The monoisotopic (exact) mass is 772 g/mol. The lowest BCUT2D eigenvalue weighted by Gasteiger charge is -2.48. The molecular weight excluding hydrogens is 739 g/mol. The molecule has 4 aromatic rings. The molecule has 2 aliphatic carbocycles. The van der Waals surface area contributed by atoms with Gasteiger partial charge in [0.2, 0.25) is 0 Å². The van der Waals surface area contributed by atoms with Gasteiger partial charge in [0.25, 0.3) is 0 Å². The van der Waals surface area contributed by atoms with Crippen LogP contribution < -0.4 is 0 Å². The molecule has 45 heavy (non-hydrogen) atoms. The third-order valence-corrected chi connectivity index (χ3v) is 15.3. The zero-order valence-corrected chi connectivity index (χ0v) is 29.5. The van der Waals surface area contributed by atoms with E-state index in [2.05, 4.69) is 22.6 Å². The fraction of sp³-hybridized carbons (Fsp3) is 0.306. The van der Waals surface area contributed by atoms with Crippen molar-refractivity contribution >= 4 is 59.6 Å². The van der Waals surface area contributed by atoms with Gasteiger partial charge >= 0.3 is 0 Å². The quantitative estimate of drug-likeness (QED) is 0.185. The molecular formula is C36H34ClIO5S2. The van der Waals surface area contributed by atoms with E-state index in [9.17, 15) is 21.6 Å². The van der Waals surface area contributed by atoms with Crippen molar-refractivity contribution in [3.05, 3.63) is 128 Å². The highest BCUT2D eigenvalue weighted by Gasteiger charge is 2.56. The van der Waals surface area contributed by atoms with Crippen molar-refractivity contribution in [3.8, 4) is 0 Å². The number of hydrogen-bond donors (Lipinski definition) is 0. The first kappa shape index (κ1) is 32.4. The fourth-order valence-corrected chi connectivity index (χ4v) is 12.8. The summed E-state index contributed by atoms with van der Waals surface area (Å²) in [6.45, 7) is 3.69. The average molecular weight is 773 g/mol. The Kier molecular flexibility index (Phi) is 9.06. The number of ketones is 1. The van der Waals surface area contributed by atoms with E-state index in [0.29, 0.717) is 10.6 Å². The van der Waals surface area contributed by atoms with E-state index in [1.165, 1.54) is 0 Å². The minimum Gasteiger partial charge on any atom is -0.299 e. The van der Waals surface area contributed by atoms with Gasteiger partial charge in [-0.25, -0.2) is 16.8 Å². The maximum Gasteiger partial charge on any atom is 0.182 e. The lowest BCUT2D eigenvalue weighted by atomic mass is 9.62. The van der Waals surface area contributed by atoms with Gasteiger partial charge in [-0.2, -0.15) is 0 Å². The van der Waals surface area contributed by atoms with E-state index in [1.807, 2.05) is 49.4 Å². The van der Waals surface area contributed by atoms with Crippen molar-refractivity contribution < 1.29 is 21.6 Å². The minimum absolute atomic E-state index is 0.0176. The van der Waals surface area contributed by atoms with Crippen LogP contribution in [0.1, 0.15) is 53.4 Å². The largest absolute Gasteiger partial charge is 0.299 e. The number of halogens is 2. The first-order chi connectivity index (χ1) is 21.4. The second-order valence-corrected chi connectivity index (χ2v) is 18.3. The van der Waals surface area contributed by atoms with Gasteiger partial charge in [-0.1, -0.05) is 71.8 Å². The zero-order valence-electron chi connectivity index (χ0n) is 24.9. The van der Waals surface area contributed by atoms with Gasteiger partial charge in [0.05, 0.1) is 20.3 Å². The van der Waals surface area contributed by atoms with Crippen LogP contribution in [0.3, 0.4) is 0 Å². The Morgan fingerprint density at radius 2 is 1.40 bits per heavy atom. The maximum absolute atomic E-state index is 14.8. The summed E-state index contributed by atoms with van der Waals surface area (Å²) in [5.41, 5.74) is 3.18. The van der Waals surface area contributed by atoms with E-state index in [0.717, 1.165) is 20.3 Å². The van der Waals surface area contributed by atoms with E-state index >= 15 is 0 Å². The van der Waals surface area contributed by atoms with E-state index in [4.69, 9.17) is 11.6 Å². The molecule has 9 heteroatoms. The smallest absolute Gasteiger partial charge is 0.182 e. The first-order valence-corrected chi connectivity index (χ1v) is 19.6.